The maximum Gasteiger partial charge on any atom is 0.222 e. The molecule has 0 aliphatic heterocycles. The molecule has 0 saturated heterocycles. The van der Waals surface area contributed by atoms with E-state index in [0.29, 0.717) is 11.3 Å². The average Bonchev–Trinajstić information content (AvgIpc) is 2.84. The third-order valence-electron chi connectivity index (χ3n) is 2.93. The molecule has 22 heavy (non-hydrogen) atoms. The van der Waals surface area contributed by atoms with Crippen LogP contribution in [0, 0.1) is 6.92 Å². The second-order valence-corrected chi connectivity index (χ2v) is 6.88. The highest BCUT2D eigenvalue weighted by Gasteiger charge is 2.13. The maximum absolute atomic E-state index is 12.2. The highest BCUT2D eigenvalue weighted by atomic mass is 32.2. The molecule has 2 rings (SSSR count). The Bertz CT molecular complexity index is 698. The van der Waals surface area contributed by atoms with Crippen molar-refractivity contribution in [2.45, 2.75) is 17.7 Å². The van der Waals surface area contributed by atoms with Gasteiger partial charge >= 0.3 is 0 Å². The van der Waals surface area contributed by atoms with E-state index in [2.05, 4.69) is 4.98 Å². The molecule has 2 aromatic rings. The van der Waals surface area contributed by atoms with Crippen LogP contribution in [-0.2, 0) is 11.2 Å². The Hall–Kier alpha value is -1.86. The van der Waals surface area contributed by atoms with Gasteiger partial charge < -0.3 is 10.5 Å². The lowest BCUT2D eigenvalue weighted by Crippen LogP contribution is -2.13. The first-order chi connectivity index (χ1) is 10.5. The number of thiazole rings is 1. The highest BCUT2D eigenvalue weighted by molar-refractivity contribution is 8.01. The fraction of sp³-hybridized carbons (Fsp3) is 0.267. The van der Waals surface area contributed by atoms with Crippen molar-refractivity contribution >= 4 is 34.8 Å². The molecule has 0 spiro atoms. The van der Waals surface area contributed by atoms with E-state index in [1.807, 2.05) is 6.92 Å². The second-order valence-electron chi connectivity index (χ2n) is 4.58. The van der Waals surface area contributed by atoms with Gasteiger partial charge in [-0.15, -0.1) is 11.3 Å². The standard InChI is InChI=1S/C15H16N2O3S2/c1-9-13(7-14(16)19)22-15(17-9)21-8-12(18)10-4-3-5-11(6-10)20-2/h3-6H,7-8H2,1-2H3,(H2,16,19). The number of thioether (sulfide) groups is 1. The molecule has 0 unspecified atom stereocenters. The number of benzene rings is 1. The molecule has 0 atom stereocenters. The smallest absolute Gasteiger partial charge is 0.222 e. The van der Waals surface area contributed by atoms with E-state index in [4.69, 9.17) is 10.5 Å². The number of Topliss-reactive ketones (excluding diaryl/α,β-unsaturated/α-hetero) is 1. The van der Waals surface area contributed by atoms with Crippen LogP contribution in [0.25, 0.3) is 0 Å². The zero-order valence-electron chi connectivity index (χ0n) is 12.3. The first-order valence-corrected chi connectivity index (χ1v) is 8.34. The first kappa shape index (κ1) is 16.5. The van der Waals surface area contributed by atoms with E-state index >= 15 is 0 Å². The maximum atomic E-state index is 12.2. The number of primary amides is 1. The molecule has 1 aromatic heterocycles. The van der Waals surface area contributed by atoms with Crippen molar-refractivity contribution in [2.75, 3.05) is 12.9 Å². The van der Waals surface area contributed by atoms with Gasteiger partial charge in [-0.2, -0.15) is 0 Å². The Morgan fingerprint density at radius 1 is 1.41 bits per heavy atom. The molecular weight excluding hydrogens is 320 g/mol. The lowest BCUT2D eigenvalue weighted by Gasteiger charge is -2.02. The number of aryl methyl sites for hydroxylation is 1. The topological polar surface area (TPSA) is 82.3 Å². The van der Waals surface area contributed by atoms with Gasteiger partial charge in [0.25, 0.3) is 0 Å². The number of hydrogen-bond acceptors (Lipinski definition) is 6. The van der Waals surface area contributed by atoms with Crippen LogP contribution in [0.15, 0.2) is 28.6 Å². The number of nitrogens with two attached hydrogens (primary N) is 1. The molecule has 116 valence electrons. The summed E-state index contributed by atoms with van der Waals surface area (Å²) in [5.41, 5.74) is 6.60. The Balaban J connectivity index is 2.00. The molecule has 1 amide bonds. The number of rotatable bonds is 7. The van der Waals surface area contributed by atoms with Gasteiger partial charge in [0.2, 0.25) is 5.91 Å². The van der Waals surface area contributed by atoms with Crippen LogP contribution in [0.4, 0.5) is 0 Å². The summed E-state index contributed by atoms with van der Waals surface area (Å²) < 4.78 is 5.88. The molecule has 0 bridgehead atoms. The summed E-state index contributed by atoms with van der Waals surface area (Å²) in [7, 11) is 1.57. The van der Waals surface area contributed by atoms with Gasteiger partial charge in [0.05, 0.1) is 25.0 Å². The number of ether oxygens (including phenoxy) is 1. The Morgan fingerprint density at radius 2 is 2.18 bits per heavy atom. The van der Waals surface area contributed by atoms with E-state index < -0.39 is 0 Å². The second kappa shape index (κ2) is 7.42. The van der Waals surface area contributed by atoms with Crippen molar-refractivity contribution in [3.05, 3.63) is 40.4 Å². The molecule has 0 radical (unpaired) electrons. The lowest BCUT2D eigenvalue weighted by atomic mass is 10.1. The van der Waals surface area contributed by atoms with Crippen molar-refractivity contribution in [1.82, 2.24) is 4.98 Å². The van der Waals surface area contributed by atoms with Crippen molar-refractivity contribution in [3.8, 4) is 5.75 Å². The molecule has 1 heterocycles. The van der Waals surface area contributed by atoms with Crippen LogP contribution >= 0.6 is 23.1 Å². The summed E-state index contributed by atoms with van der Waals surface area (Å²) in [5, 5.41) is 0. The van der Waals surface area contributed by atoms with Gasteiger partial charge in [0.15, 0.2) is 10.1 Å². The SMILES string of the molecule is COc1cccc(C(=O)CSc2nc(C)c(CC(N)=O)s2)c1. The van der Waals surface area contributed by atoms with Crippen LogP contribution in [-0.4, -0.2) is 29.5 Å². The van der Waals surface area contributed by atoms with Crippen molar-refractivity contribution in [2.24, 2.45) is 5.73 Å². The zero-order valence-corrected chi connectivity index (χ0v) is 13.9. The monoisotopic (exact) mass is 336 g/mol. The van der Waals surface area contributed by atoms with Gasteiger partial charge in [-0.3, -0.25) is 9.59 Å². The van der Waals surface area contributed by atoms with Crippen LogP contribution in [0.3, 0.4) is 0 Å². The Morgan fingerprint density at radius 3 is 2.86 bits per heavy atom. The summed E-state index contributed by atoms with van der Waals surface area (Å²) in [6.45, 7) is 1.84. The third kappa shape index (κ3) is 4.32. The van der Waals surface area contributed by atoms with Gasteiger partial charge in [0.1, 0.15) is 5.75 Å². The van der Waals surface area contributed by atoms with E-state index in [9.17, 15) is 9.59 Å². The van der Waals surface area contributed by atoms with Gasteiger partial charge in [-0.25, -0.2) is 4.98 Å². The summed E-state index contributed by atoms with van der Waals surface area (Å²) >= 11 is 2.77. The number of nitrogens with zero attached hydrogens (tertiary/aromatic N) is 1. The molecule has 0 aliphatic rings. The van der Waals surface area contributed by atoms with E-state index in [0.717, 1.165) is 14.9 Å². The van der Waals surface area contributed by atoms with Crippen LogP contribution in [0.1, 0.15) is 20.9 Å². The zero-order chi connectivity index (χ0) is 16.1. The van der Waals surface area contributed by atoms with E-state index in [1.165, 1.54) is 23.1 Å². The fourth-order valence-corrected chi connectivity index (χ4v) is 3.93. The van der Waals surface area contributed by atoms with Crippen LogP contribution in [0.2, 0.25) is 0 Å². The Kier molecular flexibility index (Phi) is 5.57. The van der Waals surface area contributed by atoms with Crippen molar-refractivity contribution in [3.63, 3.8) is 0 Å². The number of aromatic nitrogens is 1. The highest BCUT2D eigenvalue weighted by Crippen LogP contribution is 2.28. The number of methoxy groups -OCH3 is 1. The average molecular weight is 336 g/mol. The van der Waals surface area contributed by atoms with Gasteiger partial charge in [0, 0.05) is 10.4 Å². The van der Waals surface area contributed by atoms with Crippen LogP contribution < -0.4 is 10.5 Å². The van der Waals surface area contributed by atoms with Crippen molar-refractivity contribution in [1.29, 1.82) is 0 Å². The Labute approximate surface area is 136 Å². The normalized spacial score (nSPS) is 10.5. The first-order valence-electron chi connectivity index (χ1n) is 6.54. The summed E-state index contributed by atoms with van der Waals surface area (Å²) in [6.07, 6.45) is 0.188. The summed E-state index contributed by atoms with van der Waals surface area (Å²) in [4.78, 5) is 28.4. The molecular formula is C15H16N2O3S2. The minimum Gasteiger partial charge on any atom is -0.497 e. The molecule has 0 saturated carbocycles. The fourth-order valence-electron chi connectivity index (χ4n) is 1.79. The van der Waals surface area contributed by atoms with E-state index in [-0.39, 0.29) is 23.9 Å². The number of carbonyl (C=O) groups is 2. The number of hydrogen-bond donors (Lipinski definition) is 1. The predicted molar refractivity (Wildman–Crippen MR) is 87.8 cm³/mol. The number of ketones is 1. The van der Waals surface area contributed by atoms with Crippen LogP contribution in [0.5, 0.6) is 5.75 Å². The molecule has 2 N–H and O–H groups in total. The minimum atomic E-state index is -0.379. The largest absolute Gasteiger partial charge is 0.497 e. The van der Waals surface area contributed by atoms with E-state index in [1.54, 1.807) is 31.4 Å². The number of amides is 1. The van der Waals surface area contributed by atoms with Gasteiger partial charge in [-0.1, -0.05) is 23.9 Å². The number of carbonyl (C=O) groups excluding carboxylic acids is 2. The molecule has 0 aliphatic carbocycles. The quantitative estimate of drug-likeness (QED) is 0.620. The lowest BCUT2D eigenvalue weighted by molar-refractivity contribution is -0.117. The minimum absolute atomic E-state index is 0.00760. The molecule has 5 nitrogen and oxygen atoms in total. The van der Waals surface area contributed by atoms with Crippen molar-refractivity contribution < 1.29 is 14.3 Å². The molecule has 1 aromatic carbocycles. The summed E-state index contributed by atoms with van der Waals surface area (Å²) in [5.74, 6) is 0.574. The molecule has 7 heteroatoms. The van der Waals surface area contributed by atoms with Gasteiger partial charge in [-0.05, 0) is 19.1 Å². The predicted octanol–water partition coefficient (Wildman–Crippen LogP) is 2.46. The summed E-state index contributed by atoms with van der Waals surface area (Å²) in [6, 6.07) is 7.06. The third-order valence-corrected chi connectivity index (χ3v) is 5.23. The molecule has 0 fully saturated rings.